The molecule has 0 aromatic heterocycles. The molecule has 2 bridgehead atoms. The van der Waals surface area contributed by atoms with Crippen LogP contribution in [0.2, 0.25) is 0 Å². The van der Waals surface area contributed by atoms with E-state index in [0.29, 0.717) is 0 Å². The molecule has 2 heteroatoms. The Balaban J connectivity index is 2.07. The van der Waals surface area contributed by atoms with Crippen molar-refractivity contribution in [3.05, 3.63) is 12.8 Å². The predicted octanol–water partition coefficient (Wildman–Crippen LogP) is 0.766. The molecule has 2 aliphatic heterocycles. The third-order valence-corrected chi connectivity index (χ3v) is 2.87. The van der Waals surface area contributed by atoms with Gasteiger partial charge in [0.1, 0.15) is 0 Å². The molecule has 2 saturated heterocycles. The molecule has 2 atom stereocenters. The summed E-state index contributed by atoms with van der Waals surface area (Å²) in [4.78, 5) is 4.83. The van der Waals surface area contributed by atoms with Gasteiger partial charge in [-0.05, 0) is 25.6 Å². The molecule has 0 aromatic rings. The van der Waals surface area contributed by atoms with Crippen LogP contribution >= 0.6 is 0 Å². The fourth-order valence-corrected chi connectivity index (χ4v) is 2.45. The van der Waals surface area contributed by atoms with E-state index in [1.165, 1.54) is 26.1 Å². The molecule has 2 heterocycles. The van der Waals surface area contributed by atoms with Crippen LogP contribution < -0.4 is 0 Å². The first-order chi connectivity index (χ1) is 5.29. The van der Waals surface area contributed by atoms with E-state index in [0.717, 1.165) is 12.0 Å². The summed E-state index contributed by atoms with van der Waals surface area (Å²) in [5.41, 5.74) is 0. The molecular formula is C9H16N2. The minimum Gasteiger partial charge on any atom is -0.373 e. The number of nitrogens with zero attached hydrogens (tertiary/aromatic N) is 2. The van der Waals surface area contributed by atoms with Crippen LogP contribution in [0.4, 0.5) is 0 Å². The molecule has 2 fully saturated rings. The summed E-state index contributed by atoms with van der Waals surface area (Å²) < 4.78 is 0. The molecule has 0 unspecified atom stereocenters. The Labute approximate surface area is 68.5 Å². The molecule has 2 aliphatic rings. The first-order valence-corrected chi connectivity index (χ1v) is 4.36. The number of hydrogen-bond donors (Lipinski definition) is 0. The quantitative estimate of drug-likeness (QED) is 0.547. The maximum absolute atomic E-state index is 3.84. The fourth-order valence-electron chi connectivity index (χ4n) is 2.45. The number of likely N-dealkylation sites (N-methyl/N-ethyl adjacent to an activating group) is 1. The van der Waals surface area contributed by atoms with E-state index >= 15 is 0 Å². The van der Waals surface area contributed by atoms with E-state index in [-0.39, 0.29) is 0 Å². The summed E-state index contributed by atoms with van der Waals surface area (Å²) in [7, 11) is 2.21. The Bertz CT molecular complexity index is 167. The summed E-state index contributed by atoms with van der Waals surface area (Å²) in [6.45, 7) is 7.57. The normalized spacial score (nSPS) is 37.7. The molecule has 0 spiro atoms. The van der Waals surface area contributed by atoms with Crippen molar-refractivity contribution in [3.8, 4) is 0 Å². The van der Waals surface area contributed by atoms with Crippen LogP contribution in [0.25, 0.3) is 0 Å². The zero-order valence-corrected chi connectivity index (χ0v) is 7.16. The van der Waals surface area contributed by atoms with E-state index in [4.69, 9.17) is 0 Å². The van der Waals surface area contributed by atoms with Crippen molar-refractivity contribution >= 4 is 0 Å². The van der Waals surface area contributed by atoms with E-state index in [2.05, 4.69) is 23.4 Å². The average Bonchev–Trinajstić information content (AvgIpc) is 2.25. The zero-order valence-electron chi connectivity index (χ0n) is 7.16. The SMILES string of the molecule is C=CN1C[C@H]2C[C@H]1CN(C)C2. The lowest BCUT2D eigenvalue weighted by Crippen LogP contribution is -2.38. The van der Waals surface area contributed by atoms with Gasteiger partial charge >= 0.3 is 0 Å². The Kier molecular flexibility index (Phi) is 1.64. The second kappa shape index (κ2) is 2.52. The number of rotatable bonds is 1. The Morgan fingerprint density at radius 2 is 2.18 bits per heavy atom. The highest BCUT2D eigenvalue weighted by atomic mass is 15.3. The number of likely N-dealkylation sites (tertiary alicyclic amines) is 2. The van der Waals surface area contributed by atoms with Gasteiger partial charge in [-0.1, -0.05) is 6.58 Å². The predicted molar refractivity (Wildman–Crippen MR) is 46.3 cm³/mol. The first kappa shape index (κ1) is 7.17. The molecule has 0 aliphatic carbocycles. The minimum absolute atomic E-state index is 0.760. The largest absolute Gasteiger partial charge is 0.373 e. The van der Waals surface area contributed by atoms with Crippen molar-refractivity contribution in [1.29, 1.82) is 0 Å². The van der Waals surface area contributed by atoms with Gasteiger partial charge in [-0.2, -0.15) is 0 Å². The van der Waals surface area contributed by atoms with Gasteiger partial charge in [0.05, 0.1) is 0 Å². The van der Waals surface area contributed by atoms with Crippen molar-refractivity contribution in [3.63, 3.8) is 0 Å². The van der Waals surface area contributed by atoms with Gasteiger partial charge in [0, 0.05) is 25.7 Å². The van der Waals surface area contributed by atoms with Gasteiger partial charge < -0.3 is 9.80 Å². The molecule has 0 saturated carbocycles. The second-order valence-electron chi connectivity index (χ2n) is 3.86. The van der Waals surface area contributed by atoms with Gasteiger partial charge in [-0.3, -0.25) is 0 Å². The number of piperidine rings is 1. The summed E-state index contributed by atoms with van der Waals surface area (Å²) in [6.07, 6.45) is 3.39. The molecule has 2 rings (SSSR count). The highest BCUT2D eigenvalue weighted by Crippen LogP contribution is 2.28. The van der Waals surface area contributed by atoms with Crippen LogP contribution in [-0.2, 0) is 0 Å². The molecular weight excluding hydrogens is 136 g/mol. The van der Waals surface area contributed by atoms with Crippen molar-refractivity contribution < 1.29 is 0 Å². The van der Waals surface area contributed by atoms with E-state index in [1.54, 1.807) is 0 Å². The lowest BCUT2D eigenvalue weighted by Gasteiger charge is -2.29. The summed E-state index contributed by atoms with van der Waals surface area (Å²) >= 11 is 0. The monoisotopic (exact) mass is 152 g/mol. The lowest BCUT2D eigenvalue weighted by atomic mass is 10.0. The highest BCUT2D eigenvalue weighted by Gasteiger charge is 2.35. The summed E-state index contributed by atoms with van der Waals surface area (Å²) in [6, 6.07) is 0.760. The van der Waals surface area contributed by atoms with Crippen LogP contribution in [-0.4, -0.2) is 42.5 Å². The Hall–Kier alpha value is -0.500. The van der Waals surface area contributed by atoms with Crippen molar-refractivity contribution in [2.75, 3.05) is 26.7 Å². The Morgan fingerprint density at radius 1 is 1.36 bits per heavy atom. The van der Waals surface area contributed by atoms with Crippen LogP contribution in [0.15, 0.2) is 12.8 Å². The number of hydrogen-bond acceptors (Lipinski definition) is 2. The topological polar surface area (TPSA) is 6.48 Å². The van der Waals surface area contributed by atoms with Crippen LogP contribution in [0, 0.1) is 5.92 Å². The van der Waals surface area contributed by atoms with Crippen molar-refractivity contribution in [1.82, 2.24) is 9.80 Å². The van der Waals surface area contributed by atoms with Gasteiger partial charge in [0.2, 0.25) is 0 Å². The van der Waals surface area contributed by atoms with Gasteiger partial charge in [-0.15, -0.1) is 0 Å². The third kappa shape index (κ3) is 1.16. The highest BCUT2D eigenvalue weighted by molar-refractivity contribution is 4.95. The summed E-state index contributed by atoms with van der Waals surface area (Å²) in [5, 5.41) is 0. The maximum atomic E-state index is 3.84. The maximum Gasteiger partial charge on any atom is 0.0415 e. The second-order valence-corrected chi connectivity index (χ2v) is 3.86. The Morgan fingerprint density at radius 3 is 2.91 bits per heavy atom. The molecule has 2 nitrogen and oxygen atoms in total. The van der Waals surface area contributed by atoms with Crippen molar-refractivity contribution in [2.45, 2.75) is 12.5 Å². The van der Waals surface area contributed by atoms with Crippen molar-refractivity contribution in [2.24, 2.45) is 5.92 Å². The third-order valence-electron chi connectivity index (χ3n) is 2.87. The van der Waals surface area contributed by atoms with E-state index in [1.807, 2.05) is 6.20 Å². The fraction of sp³-hybridized carbons (Fsp3) is 0.778. The smallest absolute Gasteiger partial charge is 0.0415 e. The molecule has 0 N–H and O–H groups in total. The molecule has 0 radical (unpaired) electrons. The van der Waals surface area contributed by atoms with Gasteiger partial charge in [0.25, 0.3) is 0 Å². The molecule has 0 aromatic carbocycles. The average molecular weight is 152 g/mol. The molecule has 0 amide bonds. The summed E-state index contributed by atoms with van der Waals surface area (Å²) in [5.74, 6) is 0.900. The molecule has 11 heavy (non-hydrogen) atoms. The van der Waals surface area contributed by atoms with Crippen LogP contribution in [0.5, 0.6) is 0 Å². The lowest BCUT2D eigenvalue weighted by molar-refractivity contribution is 0.212. The molecule has 62 valence electrons. The van der Waals surface area contributed by atoms with Gasteiger partial charge in [-0.25, -0.2) is 0 Å². The standard InChI is InChI=1S/C9H16N2/c1-3-11-6-8-4-9(11)7-10(2)5-8/h3,8-9H,1,4-7H2,2H3/t8-,9-/m0/s1. The van der Waals surface area contributed by atoms with E-state index in [9.17, 15) is 0 Å². The van der Waals surface area contributed by atoms with Gasteiger partial charge in [0.15, 0.2) is 0 Å². The van der Waals surface area contributed by atoms with Crippen LogP contribution in [0.1, 0.15) is 6.42 Å². The minimum atomic E-state index is 0.760. The van der Waals surface area contributed by atoms with E-state index < -0.39 is 0 Å². The first-order valence-electron chi connectivity index (χ1n) is 4.36. The number of fused-ring (bicyclic) bond motifs is 2. The van der Waals surface area contributed by atoms with Crippen LogP contribution in [0.3, 0.4) is 0 Å². The zero-order chi connectivity index (χ0) is 7.84.